The summed E-state index contributed by atoms with van der Waals surface area (Å²) >= 11 is 0. The molecule has 0 bridgehead atoms. The standard InChI is InChI=1S/C16H23N3O8/c1-26-10-13(20)11-27-16(21)5-3-2-4-8-17-14-7-6-12(18(22)23)9-15(14)19(24)25/h6-7,9,13,17,20H,2-5,8,10-11H2,1H3/t13-/m0/s1. The predicted octanol–water partition coefficient (Wildman–Crippen LogP) is 2.03. The Morgan fingerprint density at radius 2 is 1.93 bits per heavy atom. The monoisotopic (exact) mass is 385 g/mol. The Labute approximate surface area is 155 Å². The Kier molecular flexibility index (Phi) is 9.69. The molecule has 0 spiro atoms. The van der Waals surface area contributed by atoms with Crippen molar-refractivity contribution in [1.29, 1.82) is 0 Å². The molecule has 0 unspecified atom stereocenters. The summed E-state index contributed by atoms with van der Waals surface area (Å²) < 4.78 is 9.61. The van der Waals surface area contributed by atoms with Gasteiger partial charge in [0.1, 0.15) is 18.4 Å². The number of esters is 1. The molecule has 27 heavy (non-hydrogen) atoms. The van der Waals surface area contributed by atoms with Crippen molar-refractivity contribution in [2.45, 2.75) is 31.8 Å². The van der Waals surface area contributed by atoms with Gasteiger partial charge in [-0.3, -0.25) is 25.0 Å². The Bertz CT molecular complexity index is 653. The van der Waals surface area contributed by atoms with E-state index in [0.717, 1.165) is 6.07 Å². The first-order valence-corrected chi connectivity index (χ1v) is 8.34. The third-order valence-corrected chi connectivity index (χ3v) is 3.56. The number of nitro groups is 2. The Balaban J connectivity index is 2.29. The second kappa shape index (κ2) is 11.8. The van der Waals surface area contributed by atoms with Crippen LogP contribution in [0.2, 0.25) is 0 Å². The predicted molar refractivity (Wildman–Crippen MR) is 95.6 cm³/mol. The van der Waals surface area contributed by atoms with Crippen LogP contribution in [0.15, 0.2) is 18.2 Å². The van der Waals surface area contributed by atoms with Crippen LogP contribution in [0.5, 0.6) is 0 Å². The van der Waals surface area contributed by atoms with Gasteiger partial charge >= 0.3 is 5.97 Å². The van der Waals surface area contributed by atoms with Crippen molar-refractivity contribution in [3.8, 4) is 0 Å². The van der Waals surface area contributed by atoms with Crippen LogP contribution >= 0.6 is 0 Å². The largest absolute Gasteiger partial charge is 0.463 e. The topological polar surface area (TPSA) is 154 Å². The van der Waals surface area contributed by atoms with Crippen molar-refractivity contribution in [2.24, 2.45) is 0 Å². The molecule has 1 aromatic carbocycles. The molecule has 0 radical (unpaired) electrons. The van der Waals surface area contributed by atoms with E-state index in [0.29, 0.717) is 25.8 Å². The molecule has 0 aliphatic heterocycles. The van der Waals surface area contributed by atoms with Crippen molar-refractivity contribution in [2.75, 3.05) is 32.2 Å². The van der Waals surface area contributed by atoms with Crippen LogP contribution in [0.3, 0.4) is 0 Å². The number of rotatable bonds is 13. The summed E-state index contributed by atoms with van der Waals surface area (Å²) in [5, 5.41) is 34.0. The van der Waals surface area contributed by atoms with Gasteiger partial charge in [0.05, 0.1) is 22.5 Å². The number of hydrogen-bond acceptors (Lipinski definition) is 9. The molecule has 1 rings (SSSR count). The number of nitrogens with zero attached hydrogens (tertiary/aromatic N) is 2. The summed E-state index contributed by atoms with van der Waals surface area (Å²) in [6.07, 6.45) is 1.26. The molecule has 0 aliphatic carbocycles. The van der Waals surface area contributed by atoms with E-state index in [2.05, 4.69) is 5.32 Å². The fourth-order valence-electron chi connectivity index (χ4n) is 2.23. The van der Waals surface area contributed by atoms with Crippen molar-refractivity contribution >= 4 is 23.0 Å². The molecule has 11 nitrogen and oxygen atoms in total. The van der Waals surface area contributed by atoms with Gasteiger partial charge in [-0.15, -0.1) is 0 Å². The lowest BCUT2D eigenvalue weighted by molar-refractivity contribution is -0.393. The molecule has 0 fully saturated rings. The van der Waals surface area contributed by atoms with E-state index in [1.165, 1.54) is 19.2 Å². The molecule has 150 valence electrons. The third kappa shape index (κ3) is 8.42. The normalized spacial score (nSPS) is 11.6. The first kappa shape index (κ1) is 22.3. The molecular formula is C16H23N3O8. The molecule has 0 saturated carbocycles. The number of nitro benzene ring substituents is 2. The van der Waals surface area contributed by atoms with Crippen LogP contribution in [0.1, 0.15) is 25.7 Å². The number of non-ortho nitro benzene ring substituents is 1. The number of nitrogens with one attached hydrogen (secondary N) is 1. The lowest BCUT2D eigenvalue weighted by atomic mass is 10.2. The maximum absolute atomic E-state index is 11.5. The summed E-state index contributed by atoms with van der Waals surface area (Å²) in [4.78, 5) is 31.8. The van der Waals surface area contributed by atoms with Crippen molar-refractivity contribution in [3.05, 3.63) is 38.4 Å². The van der Waals surface area contributed by atoms with Gasteiger partial charge in [-0.25, -0.2) is 0 Å². The Morgan fingerprint density at radius 1 is 1.19 bits per heavy atom. The van der Waals surface area contributed by atoms with Crippen molar-refractivity contribution in [3.63, 3.8) is 0 Å². The number of carbonyl (C=O) groups is 1. The molecule has 2 N–H and O–H groups in total. The zero-order chi connectivity index (χ0) is 20.2. The highest BCUT2D eigenvalue weighted by Gasteiger charge is 2.19. The summed E-state index contributed by atoms with van der Waals surface area (Å²) in [7, 11) is 1.43. The second-order valence-electron chi connectivity index (χ2n) is 5.75. The minimum absolute atomic E-state index is 0.0910. The van der Waals surface area contributed by atoms with Gasteiger partial charge in [-0.2, -0.15) is 0 Å². The third-order valence-electron chi connectivity index (χ3n) is 3.56. The van der Waals surface area contributed by atoms with Crippen molar-refractivity contribution < 1.29 is 29.2 Å². The first-order chi connectivity index (χ1) is 12.8. The quantitative estimate of drug-likeness (QED) is 0.224. The molecular weight excluding hydrogens is 362 g/mol. The number of ether oxygens (including phenoxy) is 2. The highest BCUT2D eigenvalue weighted by Crippen LogP contribution is 2.28. The fraction of sp³-hybridized carbons (Fsp3) is 0.562. The second-order valence-corrected chi connectivity index (χ2v) is 5.75. The van der Waals surface area contributed by atoms with E-state index in [1.807, 2.05) is 0 Å². The van der Waals surface area contributed by atoms with E-state index in [4.69, 9.17) is 9.47 Å². The van der Waals surface area contributed by atoms with Gasteiger partial charge in [0, 0.05) is 26.1 Å². The summed E-state index contributed by atoms with van der Waals surface area (Å²) in [5.41, 5.74) is -0.499. The smallest absolute Gasteiger partial charge is 0.305 e. The van der Waals surface area contributed by atoms with Crippen LogP contribution < -0.4 is 5.32 Å². The number of methoxy groups -OCH3 is 1. The summed E-state index contributed by atoms with van der Waals surface area (Å²) in [5.74, 6) is -0.413. The number of carbonyl (C=O) groups excluding carboxylic acids is 1. The van der Waals surface area contributed by atoms with Gasteiger partial charge in [0.15, 0.2) is 0 Å². The average molecular weight is 385 g/mol. The van der Waals surface area contributed by atoms with E-state index in [1.54, 1.807) is 0 Å². The molecule has 0 heterocycles. The SMILES string of the molecule is COC[C@H](O)COC(=O)CCCCCNc1ccc([N+](=O)[O-])cc1[N+](=O)[O-]. The first-order valence-electron chi connectivity index (χ1n) is 8.34. The van der Waals surface area contributed by atoms with Crippen LogP contribution in [-0.2, 0) is 14.3 Å². The van der Waals surface area contributed by atoms with E-state index in [-0.39, 0.29) is 36.7 Å². The average Bonchev–Trinajstić information content (AvgIpc) is 2.62. The van der Waals surface area contributed by atoms with Crippen LogP contribution in [0.4, 0.5) is 17.1 Å². The van der Waals surface area contributed by atoms with E-state index in [9.17, 15) is 30.1 Å². The van der Waals surface area contributed by atoms with Gasteiger partial charge in [-0.1, -0.05) is 6.42 Å². The minimum Gasteiger partial charge on any atom is -0.463 e. The fourth-order valence-corrected chi connectivity index (χ4v) is 2.23. The number of aliphatic hydroxyl groups is 1. The van der Waals surface area contributed by atoms with Crippen LogP contribution in [0.25, 0.3) is 0 Å². The van der Waals surface area contributed by atoms with Crippen molar-refractivity contribution in [1.82, 2.24) is 0 Å². The zero-order valence-electron chi connectivity index (χ0n) is 15.0. The lowest BCUT2D eigenvalue weighted by Gasteiger charge is -2.10. The number of unbranched alkanes of at least 4 members (excludes halogenated alkanes) is 2. The maximum Gasteiger partial charge on any atom is 0.305 e. The van der Waals surface area contributed by atoms with Gasteiger partial charge in [-0.05, 0) is 18.9 Å². The van der Waals surface area contributed by atoms with Gasteiger partial charge < -0.3 is 19.9 Å². The molecule has 0 saturated heterocycles. The zero-order valence-corrected chi connectivity index (χ0v) is 15.0. The van der Waals surface area contributed by atoms with E-state index >= 15 is 0 Å². The molecule has 1 aromatic rings. The van der Waals surface area contributed by atoms with Crippen LogP contribution in [-0.4, -0.2) is 53.9 Å². The van der Waals surface area contributed by atoms with Gasteiger partial charge in [0.25, 0.3) is 11.4 Å². The highest BCUT2D eigenvalue weighted by atomic mass is 16.6. The van der Waals surface area contributed by atoms with E-state index < -0.39 is 21.9 Å². The lowest BCUT2D eigenvalue weighted by Crippen LogP contribution is -2.23. The maximum atomic E-state index is 11.5. The number of hydrogen-bond donors (Lipinski definition) is 2. The number of anilines is 1. The molecule has 11 heteroatoms. The minimum atomic E-state index is -0.847. The highest BCUT2D eigenvalue weighted by molar-refractivity contribution is 5.69. The Morgan fingerprint density at radius 3 is 2.56 bits per heavy atom. The molecule has 1 atom stereocenters. The van der Waals surface area contributed by atoms with Crippen LogP contribution in [0, 0.1) is 20.2 Å². The summed E-state index contributed by atoms with van der Waals surface area (Å²) in [6.45, 7) is 0.395. The number of benzene rings is 1. The molecule has 0 aliphatic rings. The Hall–Kier alpha value is -2.79. The molecule has 0 amide bonds. The number of aliphatic hydroxyl groups excluding tert-OH is 1. The summed E-state index contributed by atoms with van der Waals surface area (Å²) in [6, 6.07) is 3.42. The van der Waals surface area contributed by atoms with Gasteiger partial charge in [0.2, 0.25) is 0 Å². The molecule has 0 aromatic heterocycles.